The van der Waals surface area contributed by atoms with Crippen LogP contribution in [0.25, 0.3) is 5.57 Å². The highest BCUT2D eigenvalue weighted by Crippen LogP contribution is 2.25. The van der Waals surface area contributed by atoms with Crippen LogP contribution in [0.5, 0.6) is 5.19 Å². The normalized spacial score (nSPS) is 14.0. The number of halogens is 1. The molecule has 3 rings (SSSR count). The number of hydrogen-bond donors (Lipinski definition) is 1. The highest BCUT2D eigenvalue weighted by atomic mass is 32.1. The Morgan fingerprint density at radius 2 is 2.12 bits per heavy atom. The quantitative estimate of drug-likeness (QED) is 0.844. The van der Waals surface area contributed by atoms with Crippen LogP contribution < -0.4 is 10.1 Å². The molecule has 0 spiro atoms. The maximum Gasteiger partial charge on any atom is 0.315 e. The Morgan fingerprint density at radius 1 is 1.32 bits per heavy atom. The van der Waals surface area contributed by atoms with Gasteiger partial charge in [-0.05, 0) is 29.4 Å². The molecule has 1 aromatic heterocycles. The SMILES string of the molecule is COc1nnc(NC(=O)C(=O)N2CC=C(c3ccccc3F)CC2)s1. The van der Waals surface area contributed by atoms with Gasteiger partial charge in [0, 0.05) is 18.7 Å². The van der Waals surface area contributed by atoms with Crippen LogP contribution in [-0.2, 0) is 9.59 Å². The summed E-state index contributed by atoms with van der Waals surface area (Å²) < 4.78 is 18.7. The van der Waals surface area contributed by atoms with E-state index in [1.807, 2.05) is 0 Å². The van der Waals surface area contributed by atoms with Crippen molar-refractivity contribution in [1.29, 1.82) is 0 Å². The first-order chi connectivity index (χ1) is 12.1. The summed E-state index contributed by atoms with van der Waals surface area (Å²) in [4.78, 5) is 25.7. The monoisotopic (exact) mass is 362 g/mol. The summed E-state index contributed by atoms with van der Waals surface area (Å²) >= 11 is 1.02. The van der Waals surface area contributed by atoms with Crippen LogP contribution in [-0.4, -0.2) is 47.1 Å². The molecule has 25 heavy (non-hydrogen) atoms. The van der Waals surface area contributed by atoms with E-state index in [0.29, 0.717) is 18.5 Å². The third-order valence-corrected chi connectivity index (χ3v) is 4.51. The molecular formula is C16H15FN4O3S. The van der Waals surface area contributed by atoms with E-state index >= 15 is 0 Å². The predicted molar refractivity (Wildman–Crippen MR) is 90.7 cm³/mol. The largest absolute Gasteiger partial charge is 0.472 e. The van der Waals surface area contributed by atoms with Crippen molar-refractivity contribution in [2.45, 2.75) is 6.42 Å². The van der Waals surface area contributed by atoms with Crippen LogP contribution in [0.1, 0.15) is 12.0 Å². The lowest BCUT2D eigenvalue weighted by atomic mass is 9.99. The molecule has 1 aliphatic heterocycles. The molecule has 0 bridgehead atoms. The maximum atomic E-state index is 13.8. The minimum absolute atomic E-state index is 0.190. The Bertz CT molecular complexity index is 836. The lowest BCUT2D eigenvalue weighted by Crippen LogP contribution is -2.41. The lowest BCUT2D eigenvalue weighted by Gasteiger charge is -2.26. The molecule has 2 amide bonds. The Hall–Kier alpha value is -2.81. The topological polar surface area (TPSA) is 84.4 Å². The number of nitrogens with zero attached hydrogens (tertiary/aromatic N) is 3. The van der Waals surface area contributed by atoms with Gasteiger partial charge in [-0.3, -0.25) is 14.9 Å². The van der Waals surface area contributed by atoms with Gasteiger partial charge in [0.2, 0.25) is 5.13 Å². The van der Waals surface area contributed by atoms with Crippen molar-refractivity contribution in [3.63, 3.8) is 0 Å². The van der Waals surface area contributed by atoms with Gasteiger partial charge in [-0.2, -0.15) is 0 Å². The summed E-state index contributed by atoms with van der Waals surface area (Å²) in [6.45, 7) is 0.585. The number of hydrogen-bond acceptors (Lipinski definition) is 6. The number of amides is 2. The van der Waals surface area contributed by atoms with Crippen LogP contribution in [0.4, 0.5) is 9.52 Å². The van der Waals surface area contributed by atoms with Gasteiger partial charge in [0.1, 0.15) is 5.82 Å². The average molecular weight is 362 g/mol. The number of nitrogens with one attached hydrogen (secondary N) is 1. The van der Waals surface area contributed by atoms with Gasteiger partial charge in [0.15, 0.2) is 0 Å². The lowest BCUT2D eigenvalue weighted by molar-refractivity contribution is -0.142. The molecule has 0 radical (unpaired) electrons. The second-order valence-corrected chi connectivity index (χ2v) is 6.18. The molecule has 2 aromatic rings. The molecule has 1 N–H and O–H groups in total. The van der Waals surface area contributed by atoms with E-state index in [4.69, 9.17) is 4.74 Å². The van der Waals surface area contributed by atoms with Crippen molar-refractivity contribution in [3.8, 4) is 5.19 Å². The molecule has 0 saturated carbocycles. The Labute approximate surface area is 147 Å². The molecule has 0 saturated heterocycles. The number of benzene rings is 1. The summed E-state index contributed by atoms with van der Waals surface area (Å²) in [6.07, 6.45) is 2.24. The molecule has 0 atom stereocenters. The first-order valence-corrected chi connectivity index (χ1v) is 8.32. The summed E-state index contributed by atoms with van der Waals surface area (Å²) in [5.41, 5.74) is 1.36. The van der Waals surface area contributed by atoms with Gasteiger partial charge in [0.05, 0.1) is 7.11 Å². The van der Waals surface area contributed by atoms with E-state index < -0.39 is 11.8 Å². The van der Waals surface area contributed by atoms with Gasteiger partial charge in [-0.15, -0.1) is 5.10 Å². The maximum absolute atomic E-state index is 13.8. The molecular weight excluding hydrogens is 347 g/mol. The second-order valence-electron chi connectivity index (χ2n) is 5.24. The third kappa shape index (κ3) is 3.82. The zero-order valence-corrected chi connectivity index (χ0v) is 14.2. The zero-order chi connectivity index (χ0) is 17.8. The van der Waals surface area contributed by atoms with Crippen LogP contribution in [0.2, 0.25) is 0 Å². The van der Waals surface area contributed by atoms with E-state index in [0.717, 1.165) is 16.9 Å². The molecule has 9 heteroatoms. The minimum Gasteiger partial charge on any atom is -0.472 e. The molecule has 0 fully saturated rings. The fourth-order valence-electron chi connectivity index (χ4n) is 2.46. The molecule has 1 aliphatic rings. The standard InChI is InChI=1S/C16H15FN4O3S/c1-24-16-20-19-15(25-16)18-13(22)14(23)21-8-6-10(7-9-21)11-4-2-3-5-12(11)17/h2-6H,7-9H2,1H3,(H,18,19,22). The Balaban J connectivity index is 1.62. The number of anilines is 1. The van der Waals surface area contributed by atoms with Crippen LogP contribution >= 0.6 is 11.3 Å². The van der Waals surface area contributed by atoms with Crippen LogP contribution in [0.15, 0.2) is 30.3 Å². The number of aromatic nitrogens is 2. The molecule has 130 valence electrons. The molecule has 0 aliphatic carbocycles. The number of methoxy groups -OCH3 is 1. The van der Waals surface area contributed by atoms with Crippen LogP contribution in [0, 0.1) is 5.82 Å². The first kappa shape index (κ1) is 17.0. The van der Waals surface area contributed by atoms with E-state index in [-0.39, 0.29) is 22.7 Å². The van der Waals surface area contributed by atoms with E-state index in [9.17, 15) is 14.0 Å². The number of carbonyl (C=O) groups excluding carboxylic acids is 2. The second kappa shape index (κ2) is 7.39. The van der Waals surface area contributed by atoms with Gasteiger partial charge < -0.3 is 9.64 Å². The van der Waals surface area contributed by atoms with Crippen molar-refractivity contribution in [3.05, 3.63) is 41.7 Å². The van der Waals surface area contributed by atoms with E-state index in [1.54, 1.807) is 24.3 Å². The first-order valence-electron chi connectivity index (χ1n) is 7.50. The minimum atomic E-state index is -0.790. The van der Waals surface area contributed by atoms with Crippen LogP contribution in [0.3, 0.4) is 0 Å². The summed E-state index contributed by atoms with van der Waals surface area (Å²) in [5.74, 6) is -1.75. The number of carbonyl (C=O) groups is 2. The van der Waals surface area contributed by atoms with Crippen molar-refractivity contribution < 1.29 is 18.7 Å². The van der Waals surface area contributed by atoms with Crippen molar-refractivity contribution >= 4 is 33.9 Å². The fraction of sp³-hybridized carbons (Fsp3) is 0.250. The zero-order valence-electron chi connectivity index (χ0n) is 13.4. The van der Waals surface area contributed by atoms with Gasteiger partial charge in [-0.1, -0.05) is 29.4 Å². The third-order valence-electron chi connectivity index (χ3n) is 3.71. The fourth-order valence-corrected chi connectivity index (χ4v) is 3.01. The van der Waals surface area contributed by atoms with Crippen molar-refractivity contribution in [2.24, 2.45) is 0 Å². The molecule has 0 unspecified atom stereocenters. The van der Waals surface area contributed by atoms with Crippen molar-refractivity contribution in [2.75, 3.05) is 25.5 Å². The Morgan fingerprint density at radius 3 is 2.76 bits per heavy atom. The average Bonchev–Trinajstić information content (AvgIpc) is 3.09. The summed E-state index contributed by atoms with van der Waals surface area (Å²) in [6, 6.07) is 6.50. The summed E-state index contributed by atoms with van der Waals surface area (Å²) in [7, 11) is 1.44. The number of ether oxygens (including phenoxy) is 1. The predicted octanol–water partition coefficient (Wildman–Crippen LogP) is 1.94. The van der Waals surface area contributed by atoms with Gasteiger partial charge in [0.25, 0.3) is 5.19 Å². The van der Waals surface area contributed by atoms with E-state index in [1.165, 1.54) is 18.1 Å². The molecule has 7 nitrogen and oxygen atoms in total. The highest BCUT2D eigenvalue weighted by Gasteiger charge is 2.25. The van der Waals surface area contributed by atoms with E-state index in [2.05, 4.69) is 15.5 Å². The van der Waals surface area contributed by atoms with Crippen molar-refractivity contribution in [1.82, 2.24) is 15.1 Å². The Kier molecular flexibility index (Phi) is 5.03. The highest BCUT2D eigenvalue weighted by molar-refractivity contribution is 7.17. The summed E-state index contributed by atoms with van der Waals surface area (Å²) in [5, 5.41) is 10.3. The smallest absolute Gasteiger partial charge is 0.315 e. The number of rotatable bonds is 3. The molecule has 1 aromatic carbocycles. The van der Waals surface area contributed by atoms with Gasteiger partial charge in [-0.25, -0.2) is 4.39 Å². The molecule has 2 heterocycles. The van der Waals surface area contributed by atoms with Gasteiger partial charge >= 0.3 is 11.8 Å².